The number of carbonyl (C=O) groups excluding carboxylic acids is 1. The first-order valence-electron chi connectivity index (χ1n) is 9.77. The highest BCUT2D eigenvalue weighted by molar-refractivity contribution is 7.18. The number of carbonyl (C=O) groups is 2. The van der Waals surface area contributed by atoms with Crippen LogP contribution in [-0.4, -0.2) is 28.5 Å². The van der Waals surface area contributed by atoms with Crippen molar-refractivity contribution in [2.45, 2.75) is 58.8 Å². The van der Waals surface area contributed by atoms with Crippen LogP contribution in [0.15, 0.2) is 18.2 Å². The molecule has 2 aromatic rings. The lowest BCUT2D eigenvalue weighted by Crippen LogP contribution is -2.41. The van der Waals surface area contributed by atoms with Crippen LogP contribution in [0.5, 0.6) is 0 Å². The van der Waals surface area contributed by atoms with Crippen LogP contribution in [0.1, 0.15) is 56.0 Å². The number of nitrogens with zero attached hydrogens (tertiary/aromatic N) is 1. The van der Waals surface area contributed by atoms with E-state index in [2.05, 4.69) is 28.5 Å². The largest absolute Gasteiger partial charge is 0.481 e. The first-order chi connectivity index (χ1) is 12.9. The van der Waals surface area contributed by atoms with Crippen LogP contribution in [0.4, 0.5) is 0 Å². The lowest BCUT2D eigenvalue weighted by molar-refractivity contribution is -0.143. The molecule has 1 fully saturated rings. The Kier molecular flexibility index (Phi) is 6.15. The molecule has 1 atom stereocenters. The van der Waals surface area contributed by atoms with Crippen molar-refractivity contribution in [3.05, 3.63) is 28.8 Å². The van der Waals surface area contributed by atoms with Crippen molar-refractivity contribution < 1.29 is 14.7 Å². The molecule has 146 valence electrons. The number of carboxylic acid groups (broad SMARTS) is 1. The van der Waals surface area contributed by atoms with Gasteiger partial charge in [-0.25, -0.2) is 4.98 Å². The van der Waals surface area contributed by atoms with E-state index in [1.54, 1.807) is 18.3 Å². The third kappa shape index (κ3) is 4.67. The van der Waals surface area contributed by atoms with Crippen LogP contribution in [0.2, 0.25) is 0 Å². The van der Waals surface area contributed by atoms with Gasteiger partial charge in [-0.15, -0.1) is 11.3 Å². The number of carboxylic acids is 1. The Morgan fingerprint density at radius 1 is 1.33 bits per heavy atom. The third-order valence-corrected chi connectivity index (χ3v) is 6.58. The minimum Gasteiger partial charge on any atom is -0.481 e. The Balaban J connectivity index is 1.52. The van der Waals surface area contributed by atoms with Crippen LogP contribution >= 0.6 is 11.3 Å². The fourth-order valence-corrected chi connectivity index (χ4v) is 5.06. The molecule has 1 saturated carbocycles. The maximum Gasteiger partial charge on any atom is 0.306 e. The average molecular weight is 389 g/mol. The highest BCUT2D eigenvalue weighted by Crippen LogP contribution is 2.43. The number of aromatic nitrogens is 1. The Morgan fingerprint density at radius 3 is 2.78 bits per heavy atom. The van der Waals surface area contributed by atoms with E-state index in [0.29, 0.717) is 13.0 Å². The van der Waals surface area contributed by atoms with E-state index in [1.165, 1.54) is 10.3 Å². The maximum absolute atomic E-state index is 12.8. The van der Waals surface area contributed by atoms with E-state index in [0.717, 1.165) is 49.0 Å². The summed E-state index contributed by atoms with van der Waals surface area (Å²) in [4.78, 5) is 28.5. The second-order valence-corrected chi connectivity index (χ2v) is 9.06. The molecule has 0 spiro atoms. The van der Waals surface area contributed by atoms with Gasteiger partial charge in [-0.3, -0.25) is 9.59 Å². The second kappa shape index (κ2) is 8.38. The fourth-order valence-electron chi connectivity index (χ4n) is 4.17. The molecule has 1 aliphatic rings. The third-order valence-electron chi connectivity index (χ3n) is 5.65. The number of aryl methyl sites for hydroxylation is 2. The molecule has 3 rings (SSSR count). The van der Waals surface area contributed by atoms with Crippen molar-refractivity contribution in [2.24, 2.45) is 11.3 Å². The normalized spacial score (nSPS) is 17.1. The minimum atomic E-state index is -0.817. The molecule has 1 aliphatic carbocycles. The molecule has 0 unspecified atom stereocenters. The highest BCUT2D eigenvalue weighted by Gasteiger charge is 2.42. The predicted octanol–water partition coefficient (Wildman–Crippen LogP) is 4.32. The summed E-state index contributed by atoms with van der Waals surface area (Å²) >= 11 is 1.71. The number of amides is 1. The monoisotopic (exact) mass is 388 g/mol. The van der Waals surface area contributed by atoms with Gasteiger partial charge in [0.2, 0.25) is 5.91 Å². The maximum atomic E-state index is 12.8. The molecule has 1 aromatic carbocycles. The zero-order valence-corrected chi connectivity index (χ0v) is 16.9. The van der Waals surface area contributed by atoms with Gasteiger partial charge < -0.3 is 10.4 Å². The van der Waals surface area contributed by atoms with Gasteiger partial charge in [0.05, 0.1) is 21.1 Å². The summed E-state index contributed by atoms with van der Waals surface area (Å²) in [5, 5.41) is 13.4. The summed E-state index contributed by atoms with van der Waals surface area (Å²) < 4.78 is 1.21. The quantitative estimate of drug-likeness (QED) is 0.660. The smallest absolute Gasteiger partial charge is 0.306 e. The molecule has 1 aromatic heterocycles. The minimum absolute atomic E-state index is 0.0432. The summed E-state index contributed by atoms with van der Waals surface area (Å²) in [6, 6.07) is 6.36. The zero-order valence-electron chi connectivity index (χ0n) is 16.1. The summed E-state index contributed by atoms with van der Waals surface area (Å²) in [5.41, 5.74) is 1.82. The molecule has 0 bridgehead atoms. The van der Waals surface area contributed by atoms with Crippen molar-refractivity contribution in [1.82, 2.24) is 10.3 Å². The summed E-state index contributed by atoms with van der Waals surface area (Å²) in [6.07, 6.45) is 5.85. The van der Waals surface area contributed by atoms with Crippen molar-refractivity contribution in [3.8, 4) is 0 Å². The Morgan fingerprint density at radius 2 is 2.07 bits per heavy atom. The Hall–Kier alpha value is -1.95. The van der Waals surface area contributed by atoms with Crippen LogP contribution in [0.3, 0.4) is 0 Å². The molecule has 6 heteroatoms. The van der Waals surface area contributed by atoms with Crippen molar-refractivity contribution >= 4 is 33.4 Å². The summed E-state index contributed by atoms with van der Waals surface area (Å²) in [5.74, 6) is -1.26. The molecule has 5 nitrogen and oxygen atoms in total. The molecular formula is C21H28N2O3S. The van der Waals surface area contributed by atoms with Crippen molar-refractivity contribution in [3.63, 3.8) is 0 Å². The van der Waals surface area contributed by atoms with Gasteiger partial charge in [-0.1, -0.05) is 25.8 Å². The standard InChI is InChI=1S/C21H28N2O3S/c1-14(19(24)25)13-21(9-3-4-10-21)20(26)22-11-5-6-16-7-8-17-18(12-16)27-15(2)23-17/h7-8,12,14H,3-6,9-11,13H2,1-2H3,(H,22,26)(H,24,25)/t14-/m1/s1. The van der Waals surface area contributed by atoms with Crippen LogP contribution in [0.25, 0.3) is 10.2 Å². The number of rotatable bonds is 8. The molecule has 0 radical (unpaired) electrons. The van der Waals surface area contributed by atoms with Gasteiger partial charge in [-0.05, 0) is 56.7 Å². The molecular weight excluding hydrogens is 360 g/mol. The summed E-state index contributed by atoms with van der Waals surface area (Å²) in [6.45, 7) is 4.35. The number of hydrogen-bond acceptors (Lipinski definition) is 4. The zero-order chi connectivity index (χ0) is 19.4. The SMILES string of the molecule is Cc1nc2ccc(CCCNC(=O)C3(C[C@@H](C)C(=O)O)CCCC3)cc2s1. The number of hydrogen-bond donors (Lipinski definition) is 2. The van der Waals surface area contributed by atoms with Gasteiger partial charge >= 0.3 is 5.97 Å². The molecule has 0 aliphatic heterocycles. The van der Waals surface area contributed by atoms with E-state index >= 15 is 0 Å². The van der Waals surface area contributed by atoms with Crippen LogP contribution in [-0.2, 0) is 16.0 Å². The van der Waals surface area contributed by atoms with Gasteiger partial charge in [-0.2, -0.15) is 0 Å². The van der Waals surface area contributed by atoms with Crippen LogP contribution in [0, 0.1) is 18.3 Å². The molecule has 1 heterocycles. The van der Waals surface area contributed by atoms with E-state index in [-0.39, 0.29) is 5.91 Å². The molecule has 2 N–H and O–H groups in total. The molecule has 1 amide bonds. The highest BCUT2D eigenvalue weighted by atomic mass is 32.1. The van der Waals surface area contributed by atoms with Gasteiger partial charge in [0.1, 0.15) is 0 Å². The topological polar surface area (TPSA) is 79.3 Å². The lowest BCUT2D eigenvalue weighted by atomic mass is 9.77. The fraction of sp³-hybridized carbons (Fsp3) is 0.571. The number of benzene rings is 1. The van der Waals surface area contributed by atoms with E-state index in [1.807, 2.05) is 6.92 Å². The van der Waals surface area contributed by atoms with Gasteiger partial charge in [0.15, 0.2) is 0 Å². The van der Waals surface area contributed by atoms with Crippen molar-refractivity contribution in [1.29, 1.82) is 0 Å². The Labute approximate surface area is 164 Å². The van der Waals surface area contributed by atoms with E-state index in [4.69, 9.17) is 0 Å². The van der Waals surface area contributed by atoms with Gasteiger partial charge in [0.25, 0.3) is 0 Å². The lowest BCUT2D eigenvalue weighted by Gasteiger charge is -2.29. The second-order valence-electron chi connectivity index (χ2n) is 7.83. The number of thiazole rings is 1. The number of nitrogens with one attached hydrogen (secondary N) is 1. The van der Waals surface area contributed by atoms with Crippen LogP contribution < -0.4 is 5.32 Å². The summed E-state index contributed by atoms with van der Waals surface area (Å²) in [7, 11) is 0. The van der Waals surface area contributed by atoms with E-state index in [9.17, 15) is 14.7 Å². The predicted molar refractivity (Wildman–Crippen MR) is 108 cm³/mol. The Bertz CT molecular complexity index is 824. The number of aliphatic carboxylic acids is 1. The molecule has 27 heavy (non-hydrogen) atoms. The first kappa shape index (κ1) is 19.8. The van der Waals surface area contributed by atoms with Crippen molar-refractivity contribution in [2.75, 3.05) is 6.54 Å². The number of fused-ring (bicyclic) bond motifs is 1. The van der Waals surface area contributed by atoms with Gasteiger partial charge in [0, 0.05) is 12.0 Å². The molecule has 0 saturated heterocycles. The van der Waals surface area contributed by atoms with E-state index < -0.39 is 17.3 Å². The first-order valence-corrected chi connectivity index (χ1v) is 10.6. The average Bonchev–Trinajstić information content (AvgIpc) is 3.24.